The minimum absolute atomic E-state index is 0.0187. The van der Waals surface area contributed by atoms with Gasteiger partial charge in [0.05, 0.1) is 11.5 Å². The van der Waals surface area contributed by atoms with E-state index in [0.29, 0.717) is 6.54 Å². The monoisotopic (exact) mass is 283 g/mol. The number of amides is 1. The molecule has 0 unspecified atom stereocenters. The van der Waals surface area contributed by atoms with Gasteiger partial charge in [0, 0.05) is 6.54 Å². The SMILES string of the molecule is CCCCN(CC(N)=O)c1ncnc(NN)c1[N+](=O)[O-]. The molecule has 110 valence electrons. The fourth-order valence-electron chi connectivity index (χ4n) is 1.67. The van der Waals surface area contributed by atoms with Crippen LogP contribution in [0.15, 0.2) is 6.33 Å². The topological polar surface area (TPSA) is 153 Å². The maximum Gasteiger partial charge on any atom is 0.354 e. The van der Waals surface area contributed by atoms with Crippen LogP contribution in [0, 0.1) is 10.1 Å². The Morgan fingerprint density at radius 3 is 2.75 bits per heavy atom. The number of unbranched alkanes of at least 4 members (excludes halogenated alkanes) is 1. The van der Waals surface area contributed by atoms with Gasteiger partial charge < -0.3 is 16.1 Å². The number of nitrogens with zero attached hydrogens (tertiary/aromatic N) is 4. The van der Waals surface area contributed by atoms with Crippen molar-refractivity contribution in [1.29, 1.82) is 0 Å². The summed E-state index contributed by atoms with van der Waals surface area (Å²) in [7, 11) is 0. The van der Waals surface area contributed by atoms with Crippen LogP contribution in [-0.2, 0) is 4.79 Å². The molecule has 0 fully saturated rings. The van der Waals surface area contributed by atoms with Crippen molar-refractivity contribution in [3.8, 4) is 0 Å². The highest BCUT2D eigenvalue weighted by Crippen LogP contribution is 2.31. The molecule has 1 amide bonds. The minimum atomic E-state index is -0.648. The summed E-state index contributed by atoms with van der Waals surface area (Å²) in [6.07, 6.45) is 2.73. The van der Waals surface area contributed by atoms with Crippen LogP contribution in [0.4, 0.5) is 17.3 Å². The van der Waals surface area contributed by atoms with Crippen molar-refractivity contribution in [1.82, 2.24) is 9.97 Å². The van der Waals surface area contributed by atoms with Crippen LogP contribution in [0.25, 0.3) is 0 Å². The zero-order valence-electron chi connectivity index (χ0n) is 11.1. The van der Waals surface area contributed by atoms with Crippen LogP contribution in [0.2, 0.25) is 0 Å². The van der Waals surface area contributed by atoms with Gasteiger partial charge in [-0.15, -0.1) is 0 Å². The van der Waals surface area contributed by atoms with E-state index < -0.39 is 10.8 Å². The van der Waals surface area contributed by atoms with Crippen molar-refractivity contribution in [3.63, 3.8) is 0 Å². The number of aromatic nitrogens is 2. The minimum Gasteiger partial charge on any atom is -0.368 e. The molecule has 1 aromatic heterocycles. The number of primary amides is 1. The summed E-state index contributed by atoms with van der Waals surface area (Å²) in [5.41, 5.74) is 6.93. The summed E-state index contributed by atoms with van der Waals surface area (Å²) in [6, 6.07) is 0. The molecular formula is C10H17N7O3. The van der Waals surface area contributed by atoms with Gasteiger partial charge in [-0.3, -0.25) is 14.9 Å². The zero-order valence-corrected chi connectivity index (χ0v) is 11.1. The van der Waals surface area contributed by atoms with E-state index in [9.17, 15) is 14.9 Å². The molecule has 1 rings (SSSR count). The van der Waals surface area contributed by atoms with E-state index in [0.717, 1.165) is 19.2 Å². The Morgan fingerprint density at radius 1 is 1.55 bits per heavy atom. The van der Waals surface area contributed by atoms with Crippen LogP contribution < -0.4 is 21.9 Å². The molecule has 0 aromatic carbocycles. The Kier molecular flexibility index (Phi) is 5.59. The Labute approximate surface area is 115 Å². The van der Waals surface area contributed by atoms with Crippen LogP contribution in [-0.4, -0.2) is 33.9 Å². The van der Waals surface area contributed by atoms with Gasteiger partial charge in [0.15, 0.2) is 0 Å². The maximum atomic E-state index is 11.2. The van der Waals surface area contributed by atoms with E-state index in [1.54, 1.807) is 0 Å². The lowest BCUT2D eigenvalue weighted by molar-refractivity contribution is -0.383. The number of anilines is 2. The van der Waals surface area contributed by atoms with Crippen molar-refractivity contribution in [2.75, 3.05) is 23.4 Å². The normalized spacial score (nSPS) is 10.1. The summed E-state index contributed by atoms with van der Waals surface area (Å²) in [5.74, 6) is 4.50. The number of carbonyl (C=O) groups excluding carboxylic acids is 1. The molecule has 0 atom stereocenters. The Morgan fingerprint density at radius 2 is 2.25 bits per heavy atom. The number of hydrogen-bond acceptors (Lipinski definition) is 8. The van der Waals surface area contributed by atoms with Gasteiger partial charge in [0.1, 0.15) is 6.33 Å². The molecule has 0 saturated carbocycles. The number of carbonyl (C=O) groups is 1. The summed E-state index contributed by atoms with van der Waals surface area (Å²) in [4.78, 5) is 30.6. The molecule has 1 aromatic rings. The fourth-order valence-corrected chi connectivity index (χ4v) is 1.67. The second-order valence-electron chi connectivity index (χ2n) is 4.04. The van der Waals surface area contributed by atoms with E-state index in [1.165, 1.54) is 4.90 Å². The third-order valence-corrected chi connectivity index (χ3v) is 2.55. The Hall–Kier alpha value is -2.49. The number of nitrogen functional groups attached to an aromatic ring is 1. The lowest BCUT2D eigenvalue weighted by Gasteiger charge is -2.21. The number of hydrogen-bond donors (Lipinski definition) is 3. The molecule has 0 aliphatic carbocycles. The van der Waals surface area contributed by atoms with Gasteiger partial charge in [0.2, 0.25) is 17.5 Å². The standard InChI is InChI=1S/C10H17N7O3/c1-2-3-4-16(5-7(11)18)10-8(17(19)20)9(15-12)13-6-14-10/h6H,2-5,12H2,1H3,(H2,11,18)(H,13,14,15). The fraction of sp³-hybridized carbons (Fsp3) is 0.500. The average molecular weight is 283 g/mol. The molecule has 20 heavy (non-hydrogen) atoms. The van der Waals surface area contributed by atoms with Crippen molar-refractivity contribution in [2.45, 2.75) is 19.8 Å². The molecule has 0 radical (unpaired) electrons. The molecule has 5 N–H and O–H groups in total. The summed E-state index contributed by atoms with van der Waals surface area (Å²) in [5, 5.41) is 11.2. The Bertz CT molecular complexity index is 494. The van der Waals surface area contributed by atoms with Gasteiger partial charge in [0.25, 0.3) is 0 Å². The largest absolute Gasteiger partial charge is 0.368 e. The molecule has 0 bridgehead atoms. The van der Waals surface area contributed by atoms with Crippen molar-refractivity contribution in [2.24, 2.45) is 11.6 Å². The molecule has 10 heteroatoms. The molecule has 1 heterocycles. The summed E-state index contributed by atoms with van der Waals surface area (Å²) in [6.45, 7) is 2.22. The quantitative estimate of drug-likeness (QED) is 0.335. The highest BCUT2D eigenvalue weighted by atomic mass is 16.6. The van der Waals surface area contributed by atoms with Crippen LogP contribution in [0.1, 0.15) is 19.8 Å². The van der Waals surface area contributed by atoms with Crippen molar-refractivity contribution in [3.05, 3.63) is 16.4 Å². The third-order valence-electron chi connectivity index (χ3n) is 2.55. The highest BCUT2D eigenvalue weighted by Gasteiger charge is 2.27. The average Bonchev–Trinajstić information content (AvgIpc) is 2.41. The van der Waals surface area contributed by atoms with Crippen LogP contribution in [0.3, 0.4) is 0 Å². The van der Waals surface area contributed by atoms with Crippen molar-refractivity contribution >= 4 is 23.2 Å². The predicted octanol–water partition coefficient (Wildman–Crippen LogP) is -0.238. The number of nitrogens with two attached hydrogens (primary N) is 2. The highest BCUT2D eigenvalue weighted by molar-refractivity contribution is 5.81. The first-order valence-electron chi connectivity index (χ1n) is 6.00. The maximum absolute atomic E-state index is 11.2. The first-order valence-corrected chi connectivity index (χ1v) is 6.00. The first-order chi connectivity index (χ1) is 9.51. The lowest BCUT2D eigenvalue weighted by Crippen LogP contribution is -2.35. The Balaban J connectivity index is 3.23. The molecule has 0 aliphatic rings. The van der Waals surface area contributed by atoms with Crippen molar-refractivity contribution < 1.29 is 9.72 Å². The van der Waals surface area contributed by atoms with Gasteiger partial charge >= 0.3 is 5.69 Å². The van der Waals surface area contributed by atoms with E-state index in [2.05, 4.69) is 15.4 Å². The lowest BCUT2D eigenvalue weighted by atomic mass is 10.3. The van der Waals surface area contributed by atoms with Gasteiger partial charge in [-0.25, -0.2) is 15.8 Å². The number of hydrazine groups is 1. The molecule has 0 aliphatic heterocycles. The zero-order chi connectivity index (χ0) is 15.1. The van der Waals surface area contributed by atoms with Gasteiger partial charge in [-0.1, -0.05) is 13.3 Å². The first kappa shape index (κ1) is 15.6. The molecular weight excluding hydrogens is 266 g/mol. The molecule has 10 nitrogen and oxygen atoms in total. The van der Waals surface area contributed by atoms with Crippen LogP contribution in [0.5, 0.6) is 0 Å². The molecule has 0 saturated heterocycles. The third kappa shape index (κ3) is 3.75. The van der Waals surface area contributed by atoms with Gasteiger partial charge in [-0.05, 0) is 6.42 Å². The number of nitrogens with one attached hydrogen (secondary N) is 1. The summed E-state index contributed by atoms with van der Waals surface area (Å²) >= 11 is 0. The second kappa shape index (κ2) is 7.19. The second-order valence-corrected chi connectivity index (χ2v) is 4.04. The van der Waals surface area contributed by atoms with E-state index in [4.69, 9.17) is 11.6 Å². The van der Waals surface area contributed by atoms with Gasteiger partial charge in [-0.2, -0.15) is 0 Å². The molecule has 0 spiro atoms. The number of nitro groups is 1. The summed E-state index contributed by atoms with van der Waals surface area (Å²) < 4.78 is 0. The predicted molar refractivity (Wildman–Crippen MR) is 72.8 cm³/mol. The van der Waals surface area contributed by atoms with Crippen LogP contribution >= 0.6 is 0 Å². The van der Waals surface area contributed by atoms with E-state index >= 15 is 0 Å². The smallest absolute Gasteiger partial charge is 0.354 e. The van der Waals surface area contributed by atoms with E-state index in [-0.39, 0.29) is 23.9 Å². The van der Waals surface area contributed by atoms with E-state index in [1.807, 2.05) is 6.92 Å². The number of rotatable bonds is 8.